The minimum absolute atomic E-state index is 0.109. The monoisotopic (exact) mass is 337 g/mol. The number of allylic oxidation sites excluding steroid dienone is 1. The number of non-ortho nitro benzene ring substituents is 1. The molecule has 0 radical (unpaired) electrons. The fraction of sp³-hybridized carbons (Fsp3) is 0.0556. The van der Waals surface area contributed by atoms with E-state index in [0.717, 1.165) is 21.9 Å². The highest BCUT2D eigenvalue weighted by Gasteiger charge is 2.04. The van der Waals surface area contributed by atoms with E-state index >= 15 is 0 Å². The summed E-state index contributed by atoms with van der Waals surface area (Å²) < 4.78 is 2.00. The van der Waals surface area contributed by atoms with Crippen molar-refractivity contribution in [2.45, 2.75) is 16.3 Å². The Morgan fingerprint density at radius 1 is 1.08 bits per heavy atom. The standard InChI is InChI=1S/C18H15N3O2S/c22-21(23)16-5-9-18(10-6-16)24-17-7-3-15(4-8-17)2-1-12-20-13-11-19-14-20/h1-11,13-14H,12H2. The average Bonchev–Trinajstić information content (AvgIpc) is 3.10. The van der Waals surface area contributed by atoms with Gasteiger partial charge in [0.15, 0.2) is 0 Å². The van der Waals surface area contributed by atoms with Crippen LogP contribution in [0.3, 0.4) is 0 Å². The van der Waals surface area contributed by atoms with Crippen molar-refractivity contribution in [3.05, 3.63) is 89.0 Å². The quantitative estimate of drug-likeness (QED) is 0.485. The fourth-order valence-corrected chi connectivity index (χ4v) is 2.94. The van der Waals surface area contributed by atoms with Crippen molar-refractivity contribution in [2.75, 3.05) is 0 Å². The smallest absolute Gasteiger partial charge is 0.269 e. The second-order valence-electron chi connectivity index (χ2n) is 5.08. The van der Waals surface area contributed by atoms with E-state index in [2.05, 4.69) is 29.3 Å². The van der Waals surface area contributed by atoms with E-state index in [0.29, 0.717) is 0 Å². The largest absolute Gasteiger partial charge is 0.334 e. The second-order valence-corrected chi connectivity index (χ2v) is 6.23. The van der Waals surface area contributed by atoms with E-state index in [4.69, 9.17) is 0 Å². The number of nitro groups is 1. The van der Waals surface area contributed by atoms with E-state index in [1.165, 1.54) is 12.1 Å². The summed E-state index contributed by atoms with van der Waals surface area (Å²) in [6.45, 7) is 0.791. The van der Waals surface area contributed by atoms with E-state index < -0.39 is 0 Å². The van der Waals surface area contributed by atoms with Crippen LogP contribution in [0, 0.1) is 10.1 Å². The first kappa shape index (κ1) is 16.0. The fourth-order valence-electron chi connectivity index (χ4n) is 2.12. The lowest BCUT2D eigenvalue weighted by atomic mass is 10.2. The predicted molar refractivity (Wildman–Crippen MR) is 94.9 cm³/mol. The minimum atomic E-state index is -0.390. The Morgan fingerprint density at radius 3 is 2.33 bits per heavy atom. The van der Waals surface area contributed by atoms with Crippen LogP contribution in [0.15, 0.2) is 83.1 Å². The Balaban J connectivity index is 1.59. The maximum atomic E-state index is 10.7. The molecule has 6 heteroatoms. The average molecular weight is 337 g/mol. The first-order valence-electron chi connectivity index (χ1n) is 7.35. The first-order valence-corrected chi connectivity index (χ1v) is 8.17. The highest BCUT2D eigenvalue weighted by atomic mass is 32.2. The minimum Gasteiger partial charge on any atom is -0.334 e. The molecule has 0 spiro atoms. The number of nitrogens with zero attached hydrogens (tertiary/aromatic N) is 3. The first-order chi connectivity index (χ1) is 11.7. The third kappa shape index (κ3) is 4.33. The number of aromatic nitrogens is 2. The topological polar surface area (TPSA) is 61.0 Å². The lowest BCUT2D eigenvalue weighted by Crippen LogP contribution is -1.89. The Morgan fingerprint density at radius 2 is 1.75 bits per heavy atom. The summed E-state index contributed by atoms with van der Waals surface area (Å²) in [6.07, 6.45) is 9.63. The summed E-state index contributed by atoms with van der Waals surface area (Å²) in [5.41, 5.74) is 1.24. The van der Waals surface area contributed by atoms with Gasteiger partial charge in [0, 0.05) is 40.9 Å². The zero-order valence-corrected chi connectivity index (χ0v) is 13.6. The summed E-state index contributed by atoms with van der Waals surface area (Å²) in [5, 5.41) is 10.7. The van der Waals surface area contributed by atoms with Gasteiger partial charge in [0.05, 0.1) is 11.3 Å². The van der Waals surface area contributed by atoms with Crippen LogP contribution < -0.4 is 0 Å². The molecule has 0 aliphatic carbocycles. The van der Waals surface area contributed by atoms with E-state index in [1.807, 2.05) is 22.9 Å². The number of rotatable bonds is 6. The number of hydrogen-bond acceptors (Lipinski definition) is 4. The van der Waals surface area contributed by atoms with Crippen molar-refractivity contribution in [1.82, 2.24) is 9.55 Å². The Bertz CT molecular complexity index is 826. The van der Waals surface area contributed by atoms with Gasteiger partial charge in [-0.1, -0.05) is 36.0 Å². The number of imidazole rings is 1. The Kier molecular flexibility index (Phi) is 5.08. The lowest BCUT2D eigenvalue weighted by Gasteiger charge is -2.02. The molecule has 0 saturated heterocycles. The SMILES string of the molecule is O=[N+]([O-])c1ccc(Sc2ccc(C=CCn3ccnc3)cc2)cc1. The molecule has 0 unspecified atom stereocenters. The molecule has 3 aromatic rings. The normalized spacial score (nSPS) is 11.0. The molecule has 1 aromatic heterocycles. The third-order valence-electron chi connectivity index (χ3n) is 3.35. The van der Waals surface area contributed by atoms with Gasteiger partial charge in [0.2, 0.25) is 0 Å². The van der Waals surface area contributed by atoms with Crippen molar-refractivity contribution in [2.24, 2.45) is 0 Å². The number of nitro benzene ring substituents is 1. The lowest BCUT2D eigenvalue weighted by molar-refractivity contribution is -0.384. The summed E-state index contributed by atoms with van der Waals surface area (Å²) in [7, 11) is 0. The van der Waals surface area contributed by atoms with E-state index in [9.17, 15) is 10.1 Å². The maximum absolute atomic E-state index is 10.7. The molecule has 5 nitrogen and oxygen atoms in total. The van der Waals surface area contributed by atoms with Gasteiger partial charge >= 0.3 is 0 Å². The van der Waals surface area contributed by atoms with Gasteiger partial charge in [-0.2, -0.15) is 0 Å². The summed E-state index contributed by atoms with van der Waals surface area (Å²) >= 11 is 1.58. The molecule has 0 bridgehead atoms. The van der Waals surface area contributed by atoms with Crippen molar-refractivity contribution >= 4 is 23.5 Å². The van der Waals surface area contributed by atoms with Crippen LogP contribution in [-0.2, 0) is 6.54 Å². The summed E-state index contributed by atoms with van der Waals surface area (Å²) in [4.78, 5) is 16.3. The molecular formula is C18H15N3O2S. The molecule has 0 N–H and O–H groups in total. The van der Waals surface area contributed by atoms with Crippen molar-refractivity contribution in [1.29, 1.82) is 0 Å². The van der Waals surface area contributed by atoms with Crippen LogP contribution in [0.5, 0.6) is 0 Å². The molecule has 0 aliphatic heterocycles. The summed E-state index contributed by atoms with van der Waals surface area (Å²) in [6, 6.07) is 14.8. The van der Waals surface area contributed by atoms with Crippen molar-refractivity contribution in [3.8, 4) is 0 Å². The van der Waals surface area contributed by atoms with Crippen LogP contribution in [0.4, 0.5) is 5.69 Å². The molecule has 1 heterocycles. The van der Waals surface area contributed by atoms with E-state index in [1.54, 1.807) is 36.4 Å². The predicted octanol–water partition coefficient (Wildman–Crippen LogP) is 4.66. The third-order valence-corrected chi connectivity index (χ3v) is 4.36. The van der Waals surface area contributed by atoms with Crippen LogP contribution in [0.1, 0.15) is 5.56 Å². The zero-order valence-electron chi connectivity index (χ0n) is 12.8. The summed E-state index contributed by atoms with van der Waals surface area (Å²) in [5.74, 6) is 0. The van der Waals surface area contributed by atoms with Gasteiger partial charge in [-0.15, -0.1) is 0 Å². The molecular weight excluding hydrogens is 322 g/mol. The van der Waals surface area contributed by atoms with Gasteiger partial charge in [-0.3, -0.25) is 10.1 Å². The molecule has 0 saturated carbocycles. The van der Waals surface area contributed by atoms with Crippen LogP contribution in [-0.4, -0.2) is 14.5 Å². The van der Waals surface area contributed by atoms with Gasteiger partial charge in [-0.25, -0.2) is 4.98 Å². The van der Waals surface area contributed by atoms with E-state index in [-0.39, 0.29) is 10.6 Å². The molecule has 3 rings (SSSR count). The van der Waals surface area contributed by atoms with Crippen molar-refractivity contribution < 1.29 is 4.92 Å². The molecule has 0 aliphatic rings. The van der Waals surface area contributed by atoms with Crippen LogP contribution in [0.2, 0.25) is 0 Å². The highest BCUT2D eigenvalue weighted by molar-refractivity contribution is 7.99. The van der Waals surface area contributed by atoms with Gasteiger partial charge < -0.3 is 4.57 Å². The van der Waals surface area contributed by atoms with Crippen LogP contribution in [0.25, 0.3) is 6.08 Å². The van der Waals surface area contributed by atoms with Crippen LogP contribution >= 0.6 is 11.8 Å². The second kappa shape index (κ2) is 7.61. The van der Waals surface area contributed by atoms with Gasteiger partial charge in [0.1, 0.15) is 0 Å². The molecule has 0 amide bonds. The number of hydrogen-bond donors (Lipinski definition) is 0. The maximum Gasteiger partial charge on any atom is 0.269 e. The Hall–Kier alpha value is -2.86. The molecule has 0 fully saturated rings. The van der Waals surface area contributed by atoms with Gasteiger partial charge in [-0.05, 0) is 29.8 Å². The highest BCUT2D eigenvalue weighted by Crippen LogP contribution is 2.29. The Labute approximate surface area is 143 Å². The molecule has 120 valence electrons. The van der Waals surface area contributed by atoms with Gasteiger partial charge in [0.25, 0.3) is 5.69 Å². The molecule has 24 heavy (non-hydrogen) atoms. The molecule has 2 aromatic carbocycles. The molecule has 0 atom stereocenters. The van der Waals surface area contributed by atoms with Crippen molar-refractivity contribution in [3.63, 3.8) is 0 Å². The number of benzene rings is 2. The zero-order chi connectivity index (χ0) is 16.8.